The fourth-order valence-electron chi connectivity index (χ4n) is 3.50. The molecule has 4 aromatic rings. The predicted octanol–water partition coefficient (Wildman–Crippen LogP) is 6.13. The molecule has 4 rings (SSSR count). The van der Waals surface area contributed by atoms with Gasteiger partial charge in [-0.15, -0.1) is 22.9 Å². The molecule has 1 heterocycles. The molecule has 0 radical (unpaired) electrons. The Balaban J connectivity index is 1.55. The largest absolute Gasteiger partial charge is 0.322 e. The van der Waals surface area contributed by atoms with Gasteiger partial charge >= 0.3 is 0 Å². The van der Waals surface area contributed by atoms with Crippen LogP contribution in [0.15, 0.2) is 72.3 Å². The van der Waals surface area contributed by atoms with Crippen molar-refractivity contribution in [2.45, 2.75) is 6.92 Å². The molecule has 0 atom stereocenters. The number of allylic oxidation sites excluding steroid dienone is 1. The third-order valence-corrected chi connectivity index (χ3v) is 6.10. The number of halogens is 1. The number of amides is 2. The fourth-order valence-corrected chi connectivity index (χ4v) is 4.34. The summed E-state index contributed by atoms with van der Waals surface area (Å²) in [5.41, 5.74) is 7.33. The second-order valence-corrected chi connectivity index (χ2v) is 8.64. The lowest BCUT2D eigenvalue weighted by molar-refractivity contribution is -0.111. The molecule has 0 bridgehead atoms. The highest BCUT2D eigenvalue weighted by Gasteiger charge is 2.13. The monoisotopic (exact) mass is 486 g/mol. The van der Waals surface area contributed by atoms with Crippen LogP contribution in [-0.4, -0.2) is 22.7 Å². The smallest absolute Gasteiger partial charge is 0.255 e. The standard InChI is InChI=1S/C26H19ClN4O2S/c1-16-10-24-23(29-15-34-24)13-21(16)17-4-2-5-20(12-17)30-26(33)18-7-8-22(19(11-18)14-28)31-25(32)6-3-9-27/h2-8,10-13,15H,9H2,1H3,(H,30,33)(H,31,32)/b6-3+. The first kappa shape index (κ1) is 23.2. The van der Waals surface area contributed by atoms with Crippen molar-refractivity contribution in [3.05, 3.63) is 89.0 Å². The first-order valence-electron chi connectivity index (χ1n) is 10.3. The summed E-state index contributed by atoms with van der Waals surface area (Å²) in [6, 6.07) is 18.3. The van der Waals surface area contributed by atoms with Gasteiger partial charge in [-0.2, -0.15) is 5.26 Å². The van der Waals surface area contributed by atoms with Gasteiger partial charge in [-0.3, -0.25) is 9.59 Å². The first-order valence-corrected chi connectivity index (χ1v) is 11.7. The molecule has 34 heavy (non-hydrogen) atoms. The summed E-state index contributed by atoms with van der Waals surface area (Å²) in [7, 11) is 0. The van der Waals surface area contributed by atoms with Crippen molar-refractivity contribution in [2.24, 2.45) is 0 Å². The summed E-state index contributed by atoms with van der Waals surface area (Å²) in [4.78, 5) is 29.1. The lowest BCUT2D eigenvalue weighted by Gasteiger charge is -2.11. The van der Waals surface area contributed by atoms with Gasteiger partial charge in [0.2, 0.25) is 5.91 Å². The summed E-state index contributed by atoms with van der Waals surface area (Å²) in [5, 5.41) is 15.0. The molecule has 0 unspecified atom stereocenters. The number of nitrogens with zero attached hydrogens (tertiary/aromatic N) is 2. The van der Waals surface area contributed by atoms with Gasteiger partial charge in [-0.05, 0) is 66.1 Å². The Bertz CT molecular complexity index is 1470. The Kier molecular flexibility index (Phi) is 7.02. The molecule has 2 N–H and O–H groups in total. The second kappa shape index (κ2) is 10.3. The molecule has 8 heteroatoms. The molecule has 0 aliphatic carbocycles. The van der Waals surface area contributed by atoms with Crippen LogP contribution in [0.3, 0.4) is 0 Å². The van der Waals surface area contributed by atoms with Gasteiger partial charge in [0.05, 0.1) is 27.0 Å². The summed E-state index contributed by atoms with van der Waals surface area (Å²) in [5.74, 6) is -0.560. The molecule has 3 aromatic carbocycles. The minimum absolute atomic E-state index is 0.182. The van der Waals surface area contributed by atoms with E-state index in [1.54, 1.807) is 23.5 Å². The van der Waals surface area contributed by atoms with E-state index in [0.717, 1.165) is 26.9 Å². The summed E-state index contributed by atoms with van der Waals surface area (Å²) < 4.78 is 1.13. The minimum Gasteiger partial charge on any atom is -0.322 e. The average Bonchev–Trinajstić information content (AvgIpc) is 3.29. The van der Waals surface area contributed by atoms with Gasteiger partial charge in [0.15, 0.2) is 0 Å². The minimum atomic E-state index is -0.405. The Morgan fingerprint density at radius 1 is 1.15 bits per heavy atom. The SMILES string of the molecule is Cc1cc2scnc2cc1-c1cccc(NC(=O)c2ccc(NC(=O)/C=C/CCl)c(C#N)c2)c1. The molecule has 0 saturated carbocycles. The van der Waals surface area contributed by atoms with Gasteiger partial charge in [0, 0.05) is 23.2 Å². The van der Waals surface area contributed by atoms with Crippen LogP contribution in [0.4, 0.5) is 11.4 Å². The normalized spacial score (nSPS) is 10.9. The van der Waals surface area contributed by atoms with E-state index in [-0.39, 0.29) is 17.4 Å². The third-order valence-electron chi connectivity index (χ3n) is 5.13. The predicted molar refractivity (Wildman–Crippen MR) is 137 cm³/mol. The zero-order valence-corrected chi connectivity index (χ0v) is 19.7. The molecular formula is C26H19ClN4O2S. The van der Waals surface area contributed by atoms with E-state index >= 15 is 0 Å². The number of hydrogen-bond donors (Lipinski definition) is 2. The number of anilines is 2. The lowest BCUT2D eigenvalue weighted by atomic mass is 9.99. The maximum Gasteiger partial charge on any atom is 0.255 e. The van der Waals surface area contributed by atoms with Gasteiger partial charge in [-0.25, -0.2) is 4.98 Å². The van der Waals surface area contributed by atoms with Crippen molar-refractivity contribution in [3.8, 4) is 17.2 Å². The van der Waals surface area contributed by atoms with Crippen molar-refractivity contribution < 1.29 is 9.59 Å². The molecule has 0 aliphatic heterocycles. The number of benzene rings is 3. The van der Waals surface area contributed by atoms with E-state index < -0.39 is 5.91 Å². The topological polar surface area (TPSA) is 94.9 Å². The van der Waals surface area contributed by atoms with E-state index in [0.29, 0.717) is 16.9 Å². The summed E-state index contributed by atoms with van der Waals surface area (Å²) in [6.07, 6.45) is 2.78. The molecule has 0 fully saturated rings. The summed E-state index contributed by atoms with van der Waals surface area (Å²) in [6.45, 7) is 2.05. The van der Waals surface area contributed by atoms with E-state index in [2.05, 4.69) is 34.7 Å². The number of nitriles is 1. The highest BCUT2D eigenvalue weighted by molar-refractivity contribution is 7.16. The maximum absolute atomic E-state index is 12.9. The van der Waals surface area contributed by atoms with Crippen molar-refractivity contribution in [1.29, 1.82) is 5.26 Å². The number of carbonyl (C=O) groups is 2. The quantitative estimate of drug-likeness (QED) is 0.253. The zero-order valence-electron chi connectivity index (χ0n) is 18.1. The fraction of sp³-hybridized carbons (Fsp3) is 0.0769. The van der Waals surface area contributed by atoms with Crippen LogP contribution in [0, 0.1) is 18.3 Å². The summed E-state index contributed by atoms with van der Waals surface area (Å²) >= 11 is 7.14. The highest BCUT2D eigenvalue weighted by Crippen LogP contribution is 2.31. The van der Waals surface area contributed by atoms with E-state index in [1.165, 1.54) is 24.3 Å². The number of fused-ring (bicyclic) bond motifs is 1. The number of aromatic nitrogens is 1. The van der Waals surface area contributed by atoms with E-state index in [9.17, 15) is 14.9 Å². The molecule has 1 aromatic heterocycles. The van der Waals surface area contributed by atoms with Crippen LogP contribution >= 0.6 is 22.9 Å². The van der Waals surface area contributed by atoms with Crippen LogP contribution < -0.4 is 10.6 Å². The van der Waals surface area contributed by atoms with Crippen LogP contribution in [0.25, 0.3) is 21.3 Å². The molecule has 2 amide bonds. The molecule has 6 nitrogen and oxygen atoms in total. The first-order chi connectivity index (χ1) is 16.5. The lowest BCUT2D eigenvalue weighted by Crippen LogP contribution is -2.14. The van der Waals surface area contributed by atoms with Crippen LogP contribution in [0.2, 0.25) is 0 Å². The van der Waals surface area contributed by atoms with Gasteiger partial charge in [-0.1, -0.05) is 18.2 Å². The number of hydrogen-bond acceptors (Lipinski definition) is 5. The number of nitrogens with one attached hydrogen (secondary N) is 2. The Hall–Kier alpha value is -3.99. The number of alkyl halides is 1. The van der Waals surface area contributed by atoms with Crippen molar-refractivity contribution in [2.75, 3.05) is 16.5 Å². The molecule has 0 spiro atoms. The van der Waals surface area contributed by atoms with E-state index in [4.69, 9.17) is 11.6 Å². The Labute approximate surface area is 205 Å². The molecule has 168 valence electrons. The second-order valence-electron chi connectivity index (χ2n) is 7.44. The Morgan fingerprint density at radius 3 is 2.79 bits per heavy atom. The van der Waals surface area contributed by atoms with Crippen LogP contribution in [0.5, 0.6) is 0 Å². The number of thiazole rings is 1. The number of aryl methyl sites for hydroxylation is 1. The molecule has 0 aliphatic rings. The molecular weight excluding hydrogens is 468 g/mol. The highest BCUT2D eigenvalue weighted by atomic mass is 35.5. The Morgan fingerprint density at radius 2 is 2.00 bits per heavy atom. The van der Waals surface area contributed by atoms with Crippen LogP contribution in [-0.2, 0) is 4.79 Å². The number of carbonyl (C=O) groups excluding carboxylic acids is 2. The van der Waals surface area contributed by atoms with E-state index in [1.807, 2.05) is 29.8 Å². The van der Waals surface area contributed by atoms with Crippen LogP contribution in [0.1, 0.15) is 21.5 Å². The van der Waals surface area contributed by atoms with Crippen molar-refractivity contribution in [3.63, 3.8) is 0 Å². The third kappa shape index (κ3) is 5.15. The van der Waals surface area contributed by atoms with Gasteiger partial charge in [0.25, 0.3) is 5.91 Å². The average molecular weight is 487 g/mol. The van der Waals surface area contributed by atoms with Gasteiger partial charge < -0.3 is 10.6 Å². The molecule has 0 saturated heterocycles. The van der Waals surface area contributed by atoms with Gasteiger partial charge in [0.1, 0.15) is 6.07 Å². The number of rotatable bonds is 6. The van der Waals surface area contributed by atoms with Crippen molar-refractivity contribution in [1.82, 2.24) is 4.98 Å². The zero-order chi connectivity index (χ0) is 24.1. The van der Waals surface area contributed by atoms with Crippen molar-refractivity contribution >= 4 is 56.3 Å². The maximum atomic E-state index is 12.9.